The standard InChI is InChI=1S/C12H25N3O/c1-15(2)9-3-6-14-12(16)10-11-4-7-13-8-5-11/h11,13H,3-10H2,1-2H3,(H,14,16). The second-order valence-corrected chi connectivity index (χ2v) is 4.90. The lowest BCUT2D eigenvalue weighted by Gasteiger charge is -2.22. The van der Waals surface area contributed by atoms with Gasteiger partial charge >= 0.3 is 0 Å². The van der Waals surface area contributed by atoms with E-state index in [9.17, 15) is 4.79 Å². The summed E-state index contributed by atoms with van der Waals surface area (Å²) in [6.45, 7) is 3.98. The molecule has 0 spiro atoms. The van der Waals surface area contributed by atoms with Crippen molar-refractivity contribution in [2.75, 3.05) is 40.3 Å². The van der Waals surface area contributed by atoms with Crippen molar-refractivity contribution in [3.63, 3.8) is 0 Å². The molecule has 0 aromatic carbocycles. The molecular formula is C12H25N3O. The van der Waals surface area contributed by atoms with Gasteiger partial charge in [0.05, 0.1) is 0 Å². The van der Waals surface area contributed by atoms with Crippen molar-refractivity contribution in [2.24, 2.45) is 5.92 Å². The van der Waals surface area contributed by atoms with Crippen molar-refractivity contribution in [1.82, 2.24) is 15.5 Å². The van der Waals surface area contributed by atoms with Crippen LogP contribution in [0.1, 0.15) is 25.7 Å². The van der Waals surface area contributed by atoms with Gasteiger partial charge in [-0.05, 0) is 58.9 Å². The summed E-state index contributed by atoms with van der Waals surface area (Å²) in [5.74, 6) is 0.820. The molecule has 2 N–H and O–H groups in total. The van der Waals surface area contributed by atoms with Gasteiger partial charge in [0.2, 0.25) is 5.91 Å². The van der Waals surface area contributed by atoms with Gasteiger partial charge in [-0.1, -0.05) is 0 Å². The molecule has 1 rings (SSSR count). The molecule has 0 bridgehead atoms. The Morgan fingerprint density at radius 3 is 2.69 bits per heavy atom. The maximum atomic E-state index is 11.6. The van der Waals surface area contributed by atoms with E-state index in [0.717, 1.165) is 45.4 Å². The zero-order valence-corrected chi connectivity index (χ0v) is 10.6. The fraction of sp³-hybridized carbons (Fsp3) is 0.917. The summed E-state index contributed by atoms with van der Waals surface area (Å²) in [6.07, 6.45) is 4.03. The molecule has 4 heteroatoms. The van der Waals surface area contributed by atoms with Gasteiger partial charge in [0, 0.05) is 13.0 Å². The molecule has 0 unspecified atom stereocenters. The van der Waals surface area contributed by atoms with Crippen LogP contribution in [0.2, 0.25) is 0 Å². The molecule has 1 saturated heterocycles. The Balaban J connectivity index is 2.01. The zero-order chi connectivity index (χ0) is 11.8. The molecule has 1 heterocycles. The summed E-state index contributed by atoms with van der Waals surface area (Å²) < 4.78 is 0. The molecule has 16 heavy (non-hydrogen) atoms. The molecule has 0 radical (unpaired) electrons. The Kier molecular flexibility index (Phi) is 6.42. The number of piperidine rings is 1. The summed E-state index contributed by atoms with van der Waals surface area (Å²) in [4.78, 5) is 13.7. The van der Waals surface area contributed by atoms with Gasteiger partial charge in [0.1, 0.15) is 0 Å². The zero-order valence-electron chi connectivity index (χ0n) is 10.6. The molecule has 0 saturated carbocycles. The number of hydrogen-bond donors (Lipinski definition) is 2. The highest BCUT2D eigenvalue weighted by Crippen LogP contribution is 2.15. The van der Waals surface area contributed by atoms with Gasteiger partial charge in [-0.15, -0.1) is 0 Å². The van der Waals surface area contributed by atoms with E-state index in [0.29, 0.717) is 12.3 Å². The van der Waals surface area contributed by atoms with Crippen LogP contribution in [0.5, 0.6) is 0 Å². The molecule has 0 aromatic rings. The van der Waals surface area contributed by atoms with E-state index in [2.05, 4.69) is 29.6 Å². The summed E-state index contributed by atoms with van der Waals surface area (Å²) >= 11 is 0. The number of rotatable bonds is 6. The average molecular weight is 227 g/mol. The van der Waals surface area contributed by atoms with Crippen molar-refractivity contribution >= 4 is 5.91 Å². The maximum absolute atomic E-state index is 11.6. The highest BCUT2D eigenvalue weighted by molar-refractivity contribution is 5.76. The third kappa shape index (κ3) is 6.08. The van der Waals surface area contributed by atoms with Crippen LogP contribution >= 0.6 is 0 Å². The predicted molar refractivity (Wildman–Crippen MR) is 66.4 cm³/mol. The summed E-state index contributed by atoms with van der Waals surface area (Å²) in [6, 6.07) is 0. The number of carbonyl (C=O) groups excluding carboxylic acids is 1. The van der Waals surface area contributed by atoms with E-state index in [1.165, 1.54) is 0 Å². The normalized spacial score (nSPS) is 17.7. The van der Waals surface area contributed by atoms with Gasteiger partial charge in [-0.25, -0.2) is 0 Å². The summed E-state index contributed by atoms with van der Waals surface area (Å²) in [5, 5.41) is 6.31. The quantitative estimate of drug-likeness (QED) is 0.647. The van der Waals surface area contributed by atoms with Gasteiger partial charge < -0.3 is 15.5 Å². The first-order valence-electron chi connectivity index (χ1n) is 6.30. The fourth-order valence-electron chi connectivity index (χ4n) is 2.04. The number of hydrogen-bond acceptors (Lipinski definition) is 3. The van der Waals surface area contributed by atoms with E-state index in [4.69, 9.17) is 0 Å². The van der Waals surface area contributed by atoms with Gasteiger partial charge in [0.15, 0.2) is 0 Å². The van der Waals surface area contributed by atoms with Crippen LogP contribution < -0.4 is 10.6 Å². The monoisotopic (exact) mass is 227 g/mol. The van der Waals surface area contributed by atoms with E-state index in [1.54, 1.807) is 0 Å². The van der Waals surface area contributed by atoms with Gasteiger partial charge in [-0.3, -0.25) is 4.79 Å². The minimum Gasteiger partial charge on any atom is -0.356 e. The molecular weight excluding hydrogens is 202 g/mol. The van der Waals surface area contributed by atoms with Crippen molar-refractivity contribution in [2.45, 2.75) is 25.7 Å². The number of nitrogens with one attached hydrogen (secondary N) is 2. The maximum Gasteiger partial charge on any atom is 0.220 e. The Morgan fingerprint density at radius 1 is 1.38 bits per heavy atom. The van der Waals surface area contributed by atoms with Crippen molar-refractivity contribution in [3.05, 3.63) is 0 Å². The largest absolute Gasteiger partial charge is 0.356 e. The molecule has 1 aliphatic heterocycles. The Labute approximate surface area is 98.8 Å². The smallest absolute Gasteiger partial charge is 0.220 e. The first-order valence-corrected chi connectivity index (χ1v) is 6.30. The van der Waals surface area contributed by atoms with E-state index in [-0.39, 0.29) is 5.91 Å². The minimum absolute atomic E-state index is 0.227. The predicted octanol–water partition coefficient (Wildman–Crippen LogP) is 0.444. The van der Waals surface area contributed by atoms with E-state index < -0.39 is 0 Å². The van der Waals surface area contributed by atoms with Crippen LogP contribution in [0.15, 0.2) is 0 Å². The third-order valence-corrected chi connectivity index (χ3v) is 3.04. The fourth-order valence-corrected chi connectivity index (χ4v) is 2.04. The molecule has 94 valence electrons. The lowest BCUT2D eigenvalue weighted by Crippen LogP contribution is -2.33. The molecule has 1 fully saturated rings. The Morgan fingerprint density at radius 2 is 2.06 bits per heavy atom. The topological polar surface area (TPSA) is 44.4 Å². The number of carbonyl (C=O) groups is 1. The first-order chi connectivity index (χ1) is 7.68. The number of nitrogens with zero attached hydrogens (tertiary/aromatic N) is 1. The van der Waals surface area contributed by atoms with Gasteiger partial charge in [0.25, 0.3) is 0 Å². The van der Waals surface area contributed by atoms with Crippen LogP contribution in [0.25, 0.3) is 0 Å². The highest BCUT2D eigenvalue weighted by Gasteiger charge is 2.16. The lowest BCUT2D eigenvalue weighted by atomic mass is 9.94. The Hall–Kier alpha value is -0.610. The second-order valence-electron chi connectivity index (χ2n) is 4.90. The molecule has 1 amide bonds. The summed E-state index contributed by atoms with van der Waals surface area (Å²) in [7, 11) is 4.10. The minimum atomic E-state index is 0.227. The third-order valence-electron chi connectivity index (χ3n) is 3.04. The average Bonchev–Trinajstić information content (AvgIpc) is 2.25. The molecule has 0 atom stereocenters. The lowest BCUT2D eigenvalue weighted by molar-refractivity contribution is -0.122. The van der Waals surface area contributed by atoms with Crippen molar-refractivity contribution < 1.29 is 4.79 Å². The van der Waals surface area contributed by atoms with Crippen molar-refractivity contribution in [3.8, 4) is 0 Å². The molecule has 0 aromatic heterocycles. The SMILES string of the molecule is CN(C)CCCNC(=O)CC1CCNCC1. The first kappa shape index (κ1) is 13.5. The van der Waals surface area contributed by atoms with Crippen LogP contribution in [0, 0.1) is 5.92 Å². The van der Waals surface area contributed by atoms with Gasteiger partial charge in [-0.2, -0.15) is 0 Å². The van der Waals surface area contributed by atoms with Crippen molar-refractivity contribution in [1.29, 1.82) is 0 Å². The molecule has 0 aliphatic carbocycles. The molecule has 1 aliphatic rings. The highest BCUT2D eigenvalue weighted by atomic mass is 16.1. The second kappa shape index (κ2) is 7.63. The van der Waals surface area contributed by atoms with Crippen LogP contribution in [-0.2, 0) is 4.79 Å². The number of amides is 1. The van der Waals surface area contributed by atoms with Crippen LogP contribution in [0.3, 0.4) is 0 Å². The van der Waals surface area contributed by atoms with Crippen LogP contribution in [0.4, 0.5) is 0 Å². The molecule has 4 nitrogen and oxygen atoms in total. The van der Waals surface area contributed by atoms with E-state index >= 15 is 0 Å². The van der Waals surface area contributed by atoms with E-state index in [1.807, 2.05) is 0 Å². The van der Waals surface area contributed by atoms with Crippen LogP contribution in [-0.4, -0.2) is 51.1 Å². The summed E-state index contributed by atoms with van der Waals surface area (Å²) in [5.41, 5.74) is 0. The Bertz CT molecular complexity index is 200.